The van der Waals surface area contributed by atoms with Gasteiger partial charge in [0.05, 0.1) is 22.6 Å². The van der Waals surface area contributed by atoms with Crippen LogP contribution in [0.3, 0.4) is 0 Å². The number of nitrogens with two attached hydrogens (primary N) is 1. The molecule has 6 heteroatoms. The third-order valence-electron chi connectivity index (χ3n) is 2.93. The Labute approximate surface area is 125 Å². The maximum absolute atomic E-state index is 11.7. The predicted octanol–water partition coefficient (Wildman–Crippen LogP) is 2.85. The maximum atomic E-state index is 11.7. The summed E-state index contributed by atoms with van der Waals surface area (Å²) in [7, 11) is 1.85. The van der Waals surface area contributed by atoms with Gasteiger partial charge in [0.1, 0.15) is 6.61 Å². The van der Waals surface area contributed by atoms with E-state index in [1.54, 1.807) is 16.8 Å². The van der Waals surface area contributed by atoms with Crippen LogP contribution in [0.4, 0.5) is 5.69 Å². The molecule has 5 nitrogen and oxygen atoms in total. The lowest BCUT2D eigenvalue weighted by Crippen LogP contribution is -2.07. The first kappa shape index (κ1) is 14.6. The SMILES string of the molecule is CC(=O)c1cc(Br)cc(N)c1OCc1cc(C)nn1C. The van der Waals surface area contributed by atoms with E-state index >= 15 is 0 Å². The first-order valence-corrected chi connectivity index (χ1v) is 6.90. The van der Waals surface area contributed by atoms with Gasteiger partial charge in [-0.05, 0) is 32.0 Å². The van der Waals surface area contributed by atoms with E-state index in [0.717, 1.165) is 15.9 Å². The van der Waals surface area contributed by atoms with Crippen LogP contribution in [-0.4, -0.2) is 15.6 Å². The standard InChI is InChI=1S/C14H16BrN3O2/c1-8-4-11(18(3)17-8)7-20-14-12(9(2)19)5-10(15)6-13(14)16/h4-6H,7,16H2,1-3H3. The van der Waals surface area contributed by atoms with E-state index in [2.05, 4.69) is 21.0 Å². The van der Waals surface area contributed by atoms with E-state index < -0.39 is 0 Å². The van der Waals surface area contributed by atoms with Crippen LogP contribution in [0.5, 0.6) is 5.75 Å². The van der Waals surface area contributed by atoms with Crippen LogP contribution in [0, 0.1) is 6.92 Å². The molecular weight excluding hydrogens is 322 g/mol. The second kappa shape index (κ2) is 5.66. The number of anilines is 1. The van der Waals surface area contributed by atoms with Gasteiger partial charge in [0.25, 0.3) is 0 Å². The van der Waals surface area contributed by atoms with E-state index in [9.17, 15) is 4.79 Å². The summed E-state index contributed by atoms with van der Waals surface area (Å²) in [5.41, 5.74) is 8.67. The fraction of sp³-hybridized carbons (Fsp3) is 0.286. The fourth-order valence-corrected chi connectivity index (χ4v) is 2.46. The van der Waals surface area contributed by atoms with Crippen LogP contribution in [0.2, 0.25) is 0 Å². The monoisotopic (exact) mass is 337 g/mol. The van der Waals surface area contributed by atoms with E-state index in [4.69, 9.17) is 10.5 Å². The first-order valence-electron chi connectivity index (χ1n) is 6.10. The number of rotatable bonds is 4. The zero-order chi connectivity index (χ0) is 14.9. The highest BCUT2D eigenvalue weighted by atomic mass is 79.9. The number of Topliss-reactive ketones (excluding diaryl/α,β-unsaturated/α-hetero) is 1. The highest BCUT2D eigenvalue weighted by Crippen LogP contribution is 2.31. The van der Waals surface area contributed by atoms with Gasteiger partial charge in [-0.1, -0.05) is 15.9 Å². The van der Waals surface area contributed by atoms with Gasteiger partial charge in [-0.3, -0.25) is 9.48 Å². The number of nitrogen functional groups attached to an aromatic ring is 1. The molecule has 1 aromatic carbocycles. The number of aromatic nitrogens is 2. The largest absolute Gasteiger partial charge is 0.484 e. The first-order chi connectivity index (χ1) is 9.38. The average molecular weight is 338 g/mol. The topological polar surface area (TPSA) is 70.1 Å². The van der Waals surface area contributed by atoms with Gasteiger partial charge in [-0.15, -0.1) is 0 Å². The minimum atomic E-state index is -0.0887. The van der Waals surface area contributed by atoms with Gasteiger partial charge in [-0.25, -0.2) is 0 Å². The summed E-state index contributed by atoms with van der Waals surface area (Å²) in [6.07, 6.45) is 0. The quantitative estimate of drug-likeness (QED) is 0.687. The lowest BCUT2D eigenvalue weighted by molar-refractivity contribution is 0.101. The highest BCUT2D eigenvalue weighted by molar-refractivity contribution is 9.10. The van der Waals surface area contributed by atoms with Crippen molar-refractivity contribution < 1.29 is 9.53 Å². The van der Waals surface area contributed by atoms with Gasteiger partial charge < -0.3 is 10.5 Å². The van der Waals surface area contributed by atoms with E-state index in [-0.39, 0.29) is 5.78 Å². The van der Waals surface area contributed by atoms with Crippen LogP contribution in [0.15, 0.2) is 22.7 Å². The van der Waals surface area contributed by atoms with Gasteiger partial charge in [-0.2, -0.15) is 5.10 Å². The zero-order valence-corrected chi connectivity index (χ0v) is 13.2. The van der Waals surface area contributed by atoms with Crippen LogP contribution >= 0.6 is 15.9 Å². The normalized spacial score (nSPS) is 10.6. The van der Waals surface area contributed by atoms with Crippen molar-refractivity contribution in [3.8, 4) is 5.75 Å². The summed E-state index contributed by atoms with van der Waals surface area (Å²) in [4.78, 5) is 11.7. The molecule has 0 saturated carbocycles. The molecule has 0 aliphatic carbocycles. The number of hydrogen-bond donors (Lipinski definition) is 1. The van der Waals surface area contributed by atoms with Crippen molar-refractivity contribution in [2.24, 2.45) is 7.05 Å². The van der Waals surface area contributed by atoms with Crippen molar-refractivity contribution >= 4 is 27.4 Å². The van der Waals surface area contributed by atoms with Crippen molar-refractivity contribution in [2.45, 2.75) is 20.5 Å². The molecule has 0 amide bonds. The molecule has 2 rings (SSSR count). The average Bonchev–Trinajstić information content (AvgIpc) is 2.65. The van der Waals surface area contributed by atoms with Gasteiger partial charge in [0, 0.05) is 11.5 Å². The molecule has 1 aromatic heterocycles. The number of carbonyl (C=O) groups is 1. The molecule has 0 saturated heterocycles. The summed E-state index contributed by atoms with van der Waals surface area (Å²) < 4.78 is 8.24. The highest BCUT2D eigenvalue weighted by Gasteiger charge is 2.14. The van der Waals surface area contributed by atoms with Gasteiger partial charge in [0.15, 0.2) is 11.5 Å². The lowest BCUT2D eigenvalue weighted by atomic mass is 10.1. The molecule has 2 N–H and O–H groups in total. The molecule has 0 radical (unpaired) electrons. The number of nitrogens with zero attached hydrogens (tertiary/aromatic N) is 2. The Bertz CT molecular complexity index is 665. The number of carbonyl (C=O) groups excluding carboxylic acids is 1. The van der Waals surface area contributed by atoms with Crippen LogP contribution in [0.1, 0.15) is 28.7 Å². The molecule has 20 heavy (non-hydrogen) atoms. The Balaban J connectivity index is 2.29. The molecule has 0 aliphatic rings. The Morgan fingerprint density at radius 2 is 2.15 bits per heavy atom. The number of halogens is 1. The van der Waals surface area contributed by atoms with Crippen LogP contribution < -0.4 is 10.5 Å². The number of aryl methyl sites for hydroxylation is 2. The molecule has 2 aromatic rings. The fourth-order valence-electron chi connectivity index (χ4n) is 1.98. The summed E-state index contributed by atoms with van der Waals surface area (Å²) in [6.45, 7) is 3.71. The Kier molecular flexibility index (Phi) is 4.13. The summed E-state index contributed by atoms with van der Waals surface area (Å²) in [5, 5.41) is 4.25. The molecule has 0 atom stereocenters. The molecule has 0 bridgehead atoms. The third kappa shape index (κ3) is 3.01. The van der Waals surface area contributed by atoms with Crippen molar-refractivity contribution in [1.82, 2.24) is 9.78 Å². The Morgan fingerprint density at radius 3 is 2.70 bits per heavy atom. The predicted molar refractivity (Wildman–Crippen MR) is 80.8 cm³/mol. The molecule has 1 heterocycles. The van der Waals surface area contributed by atoms with E-state index in [0.29, 0.717) is 23.6 Å². The molecule has 0 fully saturated rings. The van der Waals surface area contributed by atoms with E-state index in [1.807, 2.05) is 20.0 Å². The zero-order valence-electron chi connectivity index (χ0n) is 11.6. The smallest absolute Gasteiger partial charge is 0.163 e. The molecule has 0 aliphatic heterocycles. The third-order valence-corrected chi connectivity index (χ3v) is 3.38. The summed E-state index contributed by atoms with van der Waals surface area (Å²) >= 11 is 3.32. The molecule has 106 valence electrons. The number of ether oxygens (including phenoxy) is 1. The van der Waals surface area contributed by atoms with Crippen LogP contribution in [-0.2, 0) is 13.7 Å². The second-order valence-corrected chi connectivity index (χ2v) is 5.53. The van der Waals surface area contributed by atoms with Crippen molar-refractivity contribution in [1.29, 1.82) is 0 Å². The molecule has 0 unspecified atom stereocenters. The Morgan fingerprint density at radius 1 is 1.45 bits per heavy atom. The van der Waals surface area contributed by atoms with Gasteiger partial charge >= 0.3 is 0 Å². The van der Waals surface area contributed by atoms with Crippen LogP contribution in [0.25, 0.3) is 0 Å². The van der Waals surface area contributed by atoms with Crippen molar-refractivity contribution in [3.63, 3.8) is 0 Å². The maximum Gasteiger partial charge on any atom is 0.163 e. The summed E-state index contributed by atoms with van der Waals surface area (Å²) in [5.74, 6) is 0.328. The number of hydrogen-bond acceptors (Lipinski definition) is 4. The minimum Gasteiger partial charge on any atom is -0.484 e. The molecular formula is C14H16BrN3O2. The lowest BCUT2D eigenvalue weighted by Gasteiger charge is -2.13. The van der Waals surface area contributed by atoms with E-state index in [1.165, 1.54) is 6.92 Å². The van der Waals surface area contributed by atoms with Crippen molar-refractivity contribution in [3.05, 3.63) is 39.6 Å². The number of ketones is 1. The number of benzene rings is 1. The second-order valence-electron chi connectivity index (χ2n) is 4.62. The Hall–Kier alpha value is -1.82. The van der Waals surface area contributed by atoms with Gasteiger partial charge in [0.2, 0.25) is 0 Å². The van der Waals surface area contributed by atoms with Crippen molar-refractivity contribution in [2.75, 3.05) is 5.73 Å². The summed E-state index contributed by atoms with van der Waals surface area (Å²) in [6, 6.07) is 5.36. The molecule has 0 spiro atoms. The minimum absolute atomic E-state index is 0.0887.